The first kappa shape index (κ1) is 19.2. The number of carboxylic acids is 1. The van der Waals surface area contributed by atoms with Gasteiger partial charge in [-0.2, -0.15) is 0 Å². The average molecular weight is 415 g/mol. The third-order valence-corrected chi connectivity index (χ3v) is 6.09. The van der Waals surface area contributed by atoms with Crippen LogP contribution in [0, 0.1) is 0 Å². The molecule has 28 heavy (non-hydrogen) atoms. The van der Waals surface area contributed by atoms with Gasteiger partial charge < -0.3 is 5.11 Å². The summed E-state index contributed by atoms with van der Waals surface area (Å²) in [5, 5.41) is 11.8. The molecule has 0 aliphatic carbocycles. The first-order valence-electron chi connectivity index (χ1n) is 9.33. The van der Waals surface area contributed by atoms with E-state index in [9.17, 15) is 9.90 Å². The zero-order chi connectivity index (χ0) is 19.7. The van der Waals surface area contributed by atoms with E-state index in [-0.39, 0.29) is 6.04 Å². The average Bonchev–Trinajstić information content (AvgIpc) is 2.71. The van der Waals surface area contributed by atoms with Gasteiger partial charge in [0.05, 0.1) is 21.6 Å². The fraction of sp³-hybridized carbons (Fsp3) is 0.273. The van der Waals surface area contributed by atoms with Crippen LogP contribution in [0.2, 0.25) is 10.0 Å². The Bertz CT molecular complexity index is 1020. The summed E-state index contributed by atoms with van der Waals surface area (Å²) in [5.41, 5.74) is 2.78. The molecule has 0 bridgehead atoms. The number of carboxylic acid groups (broad SMARTS) is 1. The molecule has 3 aromatic rings. The summed E-state index contributed by atoms with van der Waals surface area (Å²) in [5.74, 6) is -0.793. The molecule has 6 heteroatoms. The Morgan fingerprint density at radius 3 is 2.68 bits per heavy atom. The second-order valence-corrected chi connectivity index (χ2v) is 7.94. The van der Waals surface area contributed by atoms with Gasteiger partial charge in [-0.1, -0.05) is 53.9 Å². The minimum Gasteiger partial charge on any atom is -0.480 e. The van der Waals surface area contributed by atoms with Gasteiger partial charge >= 0.3 is 5.97 Å². The molecule has 1 aliphatic rings. The van der Waals surface area contributed by atoms with Crippen LogP contribution in [0.25, 0.3) is 10.9 Å². The summed E-state index contributed by atoms with van der Waals surface area (Å²) < 4.78 is 0. The number of rotatable bonds is 4. The van der Waals surface area contributed by atoms with E-state index in [2.05, 4.69) is 16.0 Å². The van der Waals surface area contributed by atoms with Crippen LogP contribution in [0.5, 0.6) is 0 Å². The van der Waals surface area contributed by atoms with Crippen LogP contribution in [0.4, 0.5) is 0 Å². The molecule has 144 valence electrons. The van der Waals surface area contributed by atoms with Crippen LogP contribution in [0.3, 0.4) is 0 Å². The lowest BCUT2D eigenvalue weighted by Gasteiger charge is -2.39. The van der Waals surface area contributed by atoms with E-state index in [1.54, 1.807) is 6.07 Å². The number of hydrogen-bond donors (Lipinski definition) is 1. The standard InChI is InChI=1S/C22H20Cl2N2O2/c23-17-9-8-15(12-18(17)24)21(26-10-4-3-7-20(26)22(27)28)16-11-14-5-1-2-6-19(14)25-13-16/h1-2,5-6,8-9,11-13,20-21H,3-4,7,10H2,(H,27,28). The lowest BCUT2D eigenvalue weighted by molar-refractivity contribution is -0.145. The molecule has 4 rings (SSSR count). The van der Waals surface area contributed by atoms with Gasteiger partial charge in [0.25, 0.3) is 0 Å². The predicted molar refractivity (Wildman–Crippen MR) is 112 cm³/mol. The molecule has 4 nitrogen and oxygen atoms in total. The minimum atomic E-state index is -0.793. The largest absolute Gasteiger partial charge is 0.480 e. The highest BCUT2D eigenvalue weighted by Gasteiger charge is 2.35. The SMILES string of the molecule is O=C(O)C1CCCCN1C(c1ccc(Cl)c(Cl)c1)c1cnc2ccccc2c1. The number of aliphatic carboxylic acids is 1. The Kier molecular flexibility index (Phi) is 5.54. The van der Waals surface area contributed by atoms with E-state index in [0.29, 0.717) is 23.0 Å². The van der Waals surface area contributed by atoms with Crippen molar-refractivity contribution in [2.45, 2.75) is 31.3 Å². The third kappa shape index (κ3) is 3.72. The van der Waals surface area contributed by atoms with Crippen molar-refractivity contribution in [3.8, 4) is 0 Å². The Labute approximate surface area is 173 Å². The number of benzene rings is 2. The van der Waals surface area contributed by atoms with Crippen molar-refractivity contribution in [1.29, 1.82) is 0 Å². The van der Waals surface area contributed by atoms with E-state index >= 15 is 0 Å². The number of para-hydroxylation sites is 1. The lowest BCUT2D eigenvalue weighted by Crippen LogP contribution is -2.46. The Balaban J connectivity index is 1.86. The molecule has 2 heterocycles. The zero-order valence-corrected chi connectivity index (χ0v) is 16.7. The Morgan fingerprint density at radius 1 is 1.07 bits per heavy atom. The molecule has 0 saturated carbocycles. The first-order chi connectivity index (χ1) is 13.5. The van der Waals surface area contributed by atoms with Crippen LogP contribution in [0.1, 0.15) is 36.4 Å². The molecule has 2 unspecified atom stereocenters. The number of pyridine rings is 1. The maximum Gasteiger partial charge on any atom is 0.320 e. The topological polar surface area (TPSA) is 53.4 Å². The van der Waals surface area contributed by atoms with Crippen LogP contribution in [-0.4, -0.2) is 33.5 Å². The number of fused-ring (bicyclic) bond motifs is 1. The summed E-state index contributed by atoms with van der Waals surface area (Å²) in [6.45, 7) is 0.703. The van der Waals surface area contributed by atoms with Crippen molar-refractivity contribution in [2.75, 3.05) is 6.54 Å². The lowest BCUT2D eigenvalue weighted by atomic mass is 9.92. The Hall–Kier alpha value is -2.14. The minimum absolute atomic E-state index is 0.256. The fourth-order valence-corrected chi connectivity index (χ4v) is 4.33. The van der Waals surface area contributed by atoms with Crippen LogP contribution in [0.15, 0.2) is 54.7 Å². The highest BCUT2D eigenvalue weighted by Crippen LogP contribution is 2.37. The number of carbonyl (C=O) groups is 1. The maximum atomic E-state index is 12.0. The molecular formula is C22H20Cl2N2O2. The summed E-state index contributed by atoms with van der Waals surface area (Å²) in [4.78, 5) is 18.6. The quantitative estimate of drug-likeness (QED) is 0.605. The molecule has 1 N–H and O–H groups in total. The molecule has 0 spiro atoms. The van der Waals surface area contributed by atoms with Crippen LogP contribution in [-0.2, 0) is 4.79 Å². The van der Waals surface area contributed by atoms with Gasteiger partial charge in [0.1, 0.15) is 6.04 Å². The van der Waals surface area contributed by atoms with Gasteiger partial charge in [0, 0.05) is 11.6 Å². The predicted octanol–water partition coefficient (Wildman–Crippen LogP) is 5.57. The third-order valence-electron chi connectivity index (χ3n) is 5.35. The van der Waals surface area contributed by atoms with E-state index in [4.69, 9.17) is 23.2 Å². The van der Waals surface area contributed by atoms with Gasteiger partial charge in [-0.15, -0.1) is 0 Å². The van der Waals surface area contributed by atoms with Crippen LogP contribution >= 0.6 is 23.2 Å². The molecule has 2 aromatic carbocycles. The van der Waals surface area contributed by atoms with Crippen molar-refractivity contribution in [3.63, 3.8) is 0 Å². The van der Waals surface area contributed by atoms with Crippen molar-refractivity contribution in [3.05, 3.63) is 75.9 Å². The monoisotopic (exact) mass is 414 g/mol. The van der Waals surface area contributed by atoms with Gasteiger partial charge in [0.2, 0.25) is 0 Å². The van der Waals surface area contributed by atoms with E-state index < -0.39 is 12.0 Å². The van der Waals surface area contributed by atoms with Crippen molar-refractivity contribution >= 4 is 40.1 Å². The number of likely N-dealkylation sites (tertiary alicyclic amines) is 1. The molecular weight excluding hydrogens is 395 g/mol. The van der Waals surface area contributed by atoms with Crippen LogP contribution < -0.4 is 0 Å². The number of aromatic nitrogens is 1. The summed E-state index contributed by atoms with van der Waals surface area (Å²) in [6, 6.07) is 14.7. The van der Waals surface area contributed by atoms with E-state index in [1.807, 2.05) is 42.6 Å². The number of hydrogen-bond acceptors (Lipinski definition) is 3. The molecule has 1 saturated heterocycles. The highest BCUT2D eigenvalue weighted by molar-refractivity contribution is 6.42. The molecule has 1 aliphatic heterocycles. The number of halogens is 2. The number of nitrogens with zero attached hydrogens (tertiary/aromatic N) is 2. The molecule has 2 atom stereocenters. The summed E-state index contributed by atoms with van der Waals surface area (Å²) >= 11 is 12.4. The second kappa shape index (κ2) is 8.08. The molecule has 1 fully saturated rings. The second-order valence-electron chi connectivity index (χ2n) is 7.13. The van der Waals surface area contributed by atoms with E-state index in [0.717, 1.165) is 34.9 Å². The first-order valence-corrected chi connectivity index (χ1v) is 10.1. The zero-order valence-electron chi connectivity index (χ0n) is 15.2. The Morgan fingerprint density at radius 2 is 1.89 bits per heavy atom. The smallest absolute Gasteiger partial charge is 0.320 e. The van der Waals surface area contributed by atoms with Crippen molar-refractivity contribution in [2.24, 2.45) is 0 Å². The van der Waals surface area contributed by atoms with Gasteiger partial charge in [-0.25, -0.2) is 0 Å². The molecule has 0 radical (unpaired) electrons. The summed E-state index contributed by atoms with van der Waals surface area (Å²) in [6.07, 6.45) is 4.34. The highest BCUT2D eigenvalue weighted by atomic mass is 35.5. The van der Waals surface area contributed by atoms with Gasteiger partial charge in [0.15, 0.2) is 0 Å². The molecule has 0 amide bonds. The van der Waals surface area contributed by atoms with Gasteiger partial charge in [-0.05, 0) is 54.8 Å². The normalized spacial score (nSPS) is 18.9. The van der Waals surface area contributed by atoms with Gasteiger partial charge in [-0.3, -0.25) is 14.7 Å². The maximum absolute atomic E-state index is 12.0. The number of piperidine rings is 1. The molecule has 1 aromatic heterocycles. The van der Waals surface area contributed by atoms with Crippen molar-refractivity contribution in [1.82, 2.24) is 9.88 Å². The van der Waals surface area contributed by atoms with E-state index in [1.165, 1.54) is 0 Å². The van der Waals surface area contributed by atoms with Crippen molar-refractivity contribution < 1.29 is 9.90 Å². The fourth-order valence-electron chi connectivity index (χ4n) is 4.02. The summed E-state index contributed by atoms with van der Waals surface area (Å²) in [7, 11) is 0.